The number of carbonyl (C=O) groups excluding carboxylic acids is 1. The number of nitrogens with one attached hydrogen (secondary N) is 1. The molecular weight excluding hydrogens is 226 g/mol. The quantitative estimate of drug-likeness (QED) is 0.841. The van der Waals surface area contributed by atoms with E-state index < -0.39 is 0 Å². The summed E-state index contributed by atoms with van der Waals surface area (Å²) in [7, 11) is 0. The lowest BCUT2D eigenvalue weighted by Gasteiger charge is -2.10. The highest BCUT2D eigenvalue weighted by Crippen LogP contribution is 2.47. The van der Waals surface area contributed by atoms with E-state index in [1.165, 1.54) is 6.42 Å². The molecule has 1 N–H and O–H groups in total. The van der Waals surface area contributed by atoms with Gasteiger partial charge in [-0.1, -0.05) is 13.8 Å². The Bertz CT molecular complexity index is 410. The molecule has 1 aromatic heterocycles. The summed E-state index contributed by atoms with van der Waals surface area (Å²) in [6.45, 7) is 6.34. The molecule has 0 bridgehead atoms. The first-order valence-corrected chi connectivity index (χ1v) is 6.98. The molecule has 1 aliphatic rings. The van der Waals surface area contributed by atoms with Gasteiger partial charge in [-0.15, -0.1) is 0 Å². The van der Waals surface area contributed by atoms with Gasteiger partial charge in [-0.3, -0.25) is 4.79 Å². The third-order valence-corrected chi connectivity index (χ3v) is 3.78. The Balaban J connectivity index is 1.76. The Labute approximate surface area is 109 Å². The lowest BCUT2D eigenvalue weighted by molar-refractivity contribution is -0.121. The molecule has 0 aromatic carbocycles. The summed E-state index contributed by atoms with van der Waals surface area (Å²) in [5, 5.41) is 2.97. The summed E-state index contributed by atoms with van der Waals surface area (Å²) >= 11 is 0. The zero-order valence-electron chi connectivity index (χ0n) is 11.5. The van der Waals surface area contributed by atoms with Crippen molar-refractivity contribution in [3.63, 3.8) is 0 Å². The molecule has 1 aliphatic carbocycles. The van der Waals surface area contributed by atoms with E-state index >= 15 is 0 Å². The molecular formula is C15H23NO2. The Morgan fingerprint density at radius 3 is 2.89 bits per heavy atom. The molecule has 1 amide bonds. The molecule has 100 valence electrons. The van der Waals surface area contributed by atoms with Gasteiger partial charge in [0.1, 0.15) is 11.5 Å². The topological polar surface area (TPSA) is 42.2 Å². The van der Waals surface area contributed by atoms with Crippen molar-refractivity contribution in [2.45, 2.75) is 58.4 Å². The van der Waals surface area contributed by atoms with E-state index in [0.717, 1.165) is 23.9 Å². The average molecular weight is 249 g/mol. The van der Waals surface area contributed by atoms with Crippen LogP contribution < -0.4 is 5.32 Å². The molecule has 0 aliphatic heterocycles. The third-order valence-electron chi connectivity index (χ3n) is 3.78. The first-order chi connectivity index (χ1) is 8.60. The Morgan fingerprint density at radius 1 is 1.56 bits per heavy atom. The van der Waals surface area contributed by atoms with Crippen LogP contribution in [0, 0.1) is 5.92 Å². The minimum atomic E-state index is 0.113. The lowest BCUT2D eigenvalue weighted by atomic mass is 10.2. The second-order valence-electron chi connectivity index (χ2n) is 5.50. The highest BCUT2D eigenvalue weighted by Gasteiger charge is 2.36. The van der Waals surface area contributed by atoms with Crippen LogP contribution in [0.5, 0.6) is 0 Å². The van der Waals surface area contributed by atoms with Crippen molar-refractivity contribution < 1.29 is 9.21 Å². The molecule has 0 spiro atoms. The van der Waals surface area contributed by atoms with Gasteiger partial charge in [0.15, 0.2) is 0 Å². The van der Waals surface area contributed by atoms with Gasteiger partial charge in [-0.05, 0) is 37.8 Å². The number of rotatable bonds is 6. The van der Waals surface area contributed by atoms with Crippen LogP contribution in [0.1, 0.15) is 57.5 Å². The summed E-state index contributed by atoms with van der Waals surface area (Å²) in [5.74, 6) is 3.52. The fraction of sp³-hybridized carbons (Fsp3) is 0.667. The van der Waals surface area contributed by atoms with Crippen LogP contribution in [-0.4, -0.2) is 11.9 Å². The van der Waals surface area contributed by atoms with Crippen molar-refractivity contribution in [3.05, 3.63) is 23.7 Å². The Hall–Kier alpha value is -1.25. The van der Waals surface area contributed by atoms with E-state index in [1.807, 2.05) is 13.0 Å². The number of amides is 1. The number of carbonyl (C=O) groups is 1. The van der Waals surface area contributed by atoms with Gasteiger partial charge in [0.25, 0.3) is 0 Å². The third kappa shape index (κ3) is 3.37. The van der Waals surface area contributed by atoms with E-state index in [2.05, 4.69) is 25.2 Å². The predicted octanol–water partition coefficient (Wildman–Crippen LogP) is 3.25. The van der Waals surface area contributed by atoms with Crippen molar-refractivity contribution in [3.8, 4) is 0 Å². The molecule has 0 radical (unpaired) electrons. The molecule has 3 heteroatoms. The molecule has 3 atom stereocenters. The van der Waals surface area contributed by atoms with Crippen molar-refractivity contribution in [1.29, 1.82) is 0 Å². The van der Waals surface area contributed by atoms with Crippen LogP contribution in [0.3, 0.4) is 0 Å². The van der Waals surface area contributed by atoms with Gasteiger partial charge < -0.3 is 9.73 Å². The SMILES string of the molecule is CC[C@H](C)NC(=O)CCc1ccc([C@@H]2C[C@H]2C)o1. The van der Waals surface area contributed by atoms with Crippen LogP contribution in [0.4, 0.5) is 0 Å². The summed E-state index contributed by atoms with van der Waals surface area (Å²) in [6.07, 6.45) is 3.42. The maximum atomic E-state index is 11.6. The summed E-state index contributed by atoms with van der Waals surface area (Å²) in [5.41, 5.74) is 0. The zero-order valence-corrected chi connectivity index (χ0v) is 11.5. The second kappa shape index (κ2) is 5.59. The first-order valence-electron chi connectivity index (χ1n) is 6.98. The number of hydrogen-bond donors (Lipinski definition) is 1. The number of hydrogen-bond acceptors (Lipinski definition) is 2. The van der Waals surface area contributed by atoms with Crippen LogP contribution in [0.15, 0.2) is 16.5 Å². The summed E-state index contributed by atoms with van der Waals surface area (Å²) < 4.78 is 5.78. The lowest BCUT2D eigenvalue weighted by Crippen LogP contribution is -2.31. The van der Waals surface area contributed by atoms with Gasteiger partial charge in [0.2, 0.25) is 5.91 Å². The van der Waals surface area contributed by atoms with Gasteiger partial charge in [0, 0.05) is 24.8 Å². The van der Waals surface area contributed by atoms with Gasteiger partial charge in [0.05, 0.1) is 0 Å². The Morgan fingerprint density at radius 2 is 2.28 bits per heavy atom. The van der Waals surface area contributed by atoms with Crippen LogP contribution in [0.25, 0.3) is 0 Å². The molecule has 1 aromatic rings. The van der Waals surface area contributed by atoms with Crippen molar-refractivity contribution >= 4 is 5.91 Å². The van der Waals surface area contributed by atoms with Gasteiger partial charge in [-0.2, -0.15) is 0 Å². The standard InChI is InChI=1S/C15H23NO2/c1-4-11(3)16-15(17)8-6-12-5-7-14(18-12)13-9-10(13)2/h5,7,10-11,13H,4,6,8-9H2,1-3H3,(H,16,17)/t10-,11+,13-/m1/s1. The molecule has 0 unspecified atom stereocenters. The van der Waals surface area contributed by atoms with E-state index in [1.54, 1.807) is 0 Å². The average Bonchev–Trinajstić information content (AvgIpc) is 2.90. The van der Waals surface area contributed by atoms with Gasteiger partial charge in [-0.25, -0.2) is 0 Å². The molecule has 18 heavy (non-hydrogen) atoms. The minimum absolute atomic E-state index is 0.113. The molecule has 0 saturated heterocycles. The molecule has 3 nitrogen and oxygen atoms in total. The van der Waals surface area contributed by atoms with E-state index in [0.29, 0.717) is 18.8 Å². The van der Waals surface area contributed by atoms with E-state index in [-0.39, 0.29) is 11.9 Å². The summed E-state index contributed by atoms with van der Waals surface area (Å²) in [6, 6.07) is 4.34. The highest BCUT2D eigenvalue weighted by molar-refractivity contribution is 5.76. The molecule has 1 fully saturated rings. The predicted molar refractivity (Wildman–Crippen MR) is 71.4 cm³/mol. The number of aryl methyl sites for hydroxylation is 1. The monoisotopic (exact) mass is 249 g/mol. The first kappa shape index (κ1) is 13.2. The fourth-order valence-corrected chi connectivity index (χ4v) is 2.13. The largest absolute Gasteiger partial charge is 0.466 e. The van der Waals surface area contributed by atoms with Gasteiger partial charge >= 0.3 is 0 Å². The second-order valence-corrected chi connectivity index (χ2v) is 5.50. The zero-order chi connectivity index (χ0) is 13.1. The normalized spacial score (nSPS) is 23.7. The minimum Gasteiger partial charge on any atom is -0.466 e. The Kier molecular flexibility index (Phi) is 4.10. The van der Waals surface area contributed by atoms with Crippen LogP contribution in [-0.2, 0) is 11.2 Å². The van der Waals surface area contributed by atoms with Crippen molar-refractivity contribution in [2.24, 2.45) is 5.92 Å². The van der Waals surface area contributed by atoms with Crippen molar-refractivity contribution in [1.82, 2.24) is 5.32 Å². The summed E-state index contributed by atoms with van der Waals surface area (Å²) in [4.78, 5) is 11.6. The molecule has 1 heterocycles. The molecule has 1 saturated carbocycles. The fourth-order valence-electron chi connectivity index (χ4n) is 2.13. The maximum absolute atomic E-state index is 11.6. The molecule has 2 rings (SSSR count). The van der Waals surface area contributed by atoms with Crippen LogP contribution in [0.2, 0.25) is 0 Å². The number of furan rings is 1. The van der Waals surface area contributed by atoms with Crippen LogP contribution >= 0.6 is 0 Å². The maximum Gasteiger partial charge on any atom is 0.220 e. The van der Waals surface area contributed by atoms with E-state index in [4.69, 9.17) is 4.42 Å². The van der Waals surface area contributed by atoms with E-state index in [9.17, 15) is 4.79 Å². The smallest absolute Gasteiger partial charge is 0.220 e. The highest BCUT2D eigenvalue weighted by atomic mass is 16.3. The van der Waals surface area contributed by atoms with Crippen molar-refractivity contribution in [2.75, 3.05) is 0 Å².